The highest BCUT2D eigenvalue weighted by Gasteiger charge is 2.27. The molecule has 9 heteroatoms. The van der Waals surface area contributed by atoms with E-state index in [9.17, 15) is 14.4 Å². The molecule has 3 aromatic rings. The molecule has 0 saturated carbocycles. The van der Waals surface area contributed by atoms with E-state index in [0.29, 0.717) is 33.9 Å². The van der Waals surface area contributed by atoms with Crippen molar-refractivity contribution < 1.29 is 14.3 Å². The van der Waals surface area contributed by atoms with Crippen LogP contribution >= 0.6 is 23.2 Å². The van der Waals surface area contributed by atoms with Gasteiger partial charge in [0.15, 0.2) is 5.78 Å². The average Bonchev–Trinajstić information content (AvgIpc) is 3.36. The first kappa shape index (κ1) is 28.0. The van der Waals surface area contributed by atoms with Crippen molar-refractivity contribution in [1.82, 2.24) is 9.55 Å². The maximum atomic E-state index is 13.9. The number of hydrogen-bond donors (Lipinski definition) is 1. The van der Waals surface area contributed by atoms with E-state index in [4.69, 9.17) is 32.9 Å². The van der Waals surface area contributed by atoms with Crippen molar-refractivity contribution in [2.24, 2.45) is 0 Å². The number of carbonyl (C=O) groups is 2. The van der Waals surface area contributed by atoms with Gasteiger partial charge in [0.25, 0.3) is 5.56 Å². The number of allylic oxidation sites excluding steroid dienone is 6. The van der Waals surface area contributed by atoms with Gasteiger partial charge in [-0.1, -0.05) is 53.6 Å². The Hall–Kier alpha value is -3.52. The van der Waals surface area contributed by atoms with E-state index in [1.165, 1.54) is 18.4 Å². The Morgan fingerprint density at radius 1 is 1.18 bits per heavy atom. The molecule has 1 amide bonds. The van der Waals surface area contributed by atoms with Crippen LogP contribution in [0.4, 0.5) is 5.69 Å². The molecule has 1 fully saturated rings. The summed E-state index contributed by atoms with van der Waals surface area (Å²) >= 11 is 13.1. The Morgan fingerprint density at radius 3 is 2.58 bits per heavy atom. The lowest BCUT2D eigenvalue weighted by atomic mass is 9.94. The predicted molar refractivity (Wildman–Crippen MR) is 160 cm³/mol. The molecule has 0 spiro atoms. The summed E-state index contributed by atoms with van der Waals surface area (Å²) in [5.74, 6) is -0.854. The second kappa shape index (κ2) is 11.5. The highest BCUT2D eigenvalue weighted by Crippen LogP contribution is 2.38. The lowest BCUT2D eigenvalue weighted by Crippen LogP contribution is -2.32. The van der Waals surface area contributed by atoms with Crippen LogP contribution in [-0.2, 0) is 16.1 Å². The third-order valence-corrected chi connectivity index (χ3v) is 7.71. The molecule has 5 rings (SSSR count). The van der Waals surface area contributed by atoms with Gasteiger partial charge in [-0.15, -0.1) is 11.6 Å². The number of hydrogen-bond acceptors (Lipinski definition) is 5. The van der Waals surface area contributed by atoms with Gasteiger partial charge in [0.1, 0.15) is 11.2 Å². The van der Waals surface area contributed by atoms with E-state index in [1.807, 2.05) is 43.3 Å². The summed E-state index contributed by atoms with van der Waals surface area (Å²) < 4.78 is 7.34. The topological polar surface area (TPSA) is 90.3 Å². The van der Waals surface area contributed by atoms with Crippen molar-refractivity contribution in [3.05, 3.63) is 86.8 Å². The number of aromatic nitrogens is 2. The Labute approximate surface area is 242 Å². The third kappa shape index (κ3) is 5.55. The summed E-state index contributed by atoms with van der Waals surface area (Å²) in [6.07, 6.45) is 8.57. The number of benzene rings is 1. The minimum atomic E-state index is -0.550. The number of halogens is 2. The first-order valence-corrected chi connectivity index (χ1v) is 13.9. The standard InChI is InChI=1S/C31H29Cl2N3O4/c1-17-6-8-20(9-7-17)24-15-25-29(34-19(3)38)27(18(2)37)31(39)36(16-22-5-4-14-40-22)30(25)35-28(24)23-12-10-21(32)11-13-26(23)33/h6-13,15,22,26H,4-5,14,16H2,1-3H3,(H,34,38). The molecule has 3 heterocycles. The lowest BCUT2D eigenvalue weighted by molar-refractivity contribution is -0.114. The van der Waals surface area contributed by atoms with Crippen LogP contribution in [0.1, 0.15) is 48.3 Å². The highest BCUT2D eigenvalue weighted by molar-refractivity contribution is 6.32. The number of amides is 1. The van der Waals surface area contributed by atoms with Crippen molar-refractivity contribution in [2.75, 3.05) is 11.9 Å². The van der Waals surface area contributed by atoms with E-state index in [2.05, 4.69) is 5.32 Å². The van der Waals surface area contributed by atoms with Gasteiger partial charge in [-0.25, -0.2) is 4.98 Å². The Bertz CT molecular complexity index is 1660. The van der Waals surface area contributed by atoms with E-state index in [1.54, 1.807) is 18.2 Å². The Balaban J connectivity index is 1.91. The molecule has 2 aliphatic rings. The van der Waals surface area contributed by atoms with Crippen LogP contribution in [0.15, 0.2) is 64.5 Å². The third-order valence-electron chi connectivity index (χ3n) is 7.08. The molecular formula is C31H29Cl2N3O4. The van der Waals surface area contributed by atoms with Gasteiger partial charge in [-0.3, -0.25) is 19.0 Å². The summed E-state index contributed by atoms with van der Waals surface area (Å²) in [7, 11) is 0. The maximum absolute atomic E-state index is 13.9. The van der Waals surface area contributed by atoms with E-state index in [-0.39, 0.29) is 23.9 Å². The summed E-state index contributed by atoms with van der Waals surface area (Å²) in [6.45, 7) is 5.50. The first-order chi connectivity index (χ1) is 19.1. The Morgan fingerprint density at radius 2 is 1.93 bits per heavy atom. The zero-order valence-corrected chi connectivity index (χ0v) is 24.0. The van der Waals surface area contributed by atoms with Crippen LogP contribution in [0.25, 0.3) is 27.7 Å². The van der Waals surface area contributed by atoms with Crippen LogP contribution in [0.5, 0.6) is 0 Å². The van der Waals surface area contributed by atoms with Crippen molar-refractivity contribution >= 4 is 57.2 Å². The van der Waals surface area contributed by atoms with E-state index < -0.39 is 22.6 Å². The quantitative estimate of drug-likeness (QED) is 0.270. The molecule has 2 aromatic heterocycles. The van der Waals surface area contributed by atoms with Crippen molar-refractivity contribution in [3.63, 3.8) is 0 Å². The summed E-state index contributed by atoms with van der Waals surface area (Å²) in [6, 6.07) is 9.82. The molecule has 1 saturated heterocycles. The number of rotatable bonds is 6. The molecule has 0 radical (unpaired) electrons. The zero-order valence-electron chi connectivity index (χ0n) is 22.5. The summed E-state index contributed by atoms with van der Waals surface area (Å²) in [5.41, 5.74) is 3.79. The molecule has 2 atom stereocenters. The number of aryl methyl sites for hydroxylation is 1. The molecule has 1 aliphatic carbocycles. The minimum absolute atomic E-state index is 0.0911. The maximum Gasteiger partial charge on any atom is 0.265 e. The SMILES string of the molecule is CC(=O)Nc1c(C(C)=O)c(=O)n(CC2CCCO2)c2nc(C3=CC=C(Cl)C=CC3Cl)c(-c3ccc(C)cc3)cc12. The first-order valence-electron chi connectivity index (χ1n) is 13.1. The van der Waals surface area contributed by atoms with Crippen LogP contribution in [0.3, 0.4) is 0 Å². The normalized spacial score (nSPS) is 18.8. The molecule has 206 valence electrons. The number of carbonyl (C=O) groups excluding carboxylic acids is 2. The largest absolute Gasteiger partial charge is 0.376 e. The fraction of sp³-hybridized carbons (Fsp3) is 0.290. The molecule has 1 N–H and O–H groups in total. The van der Waals surface area contributed by atoms with Crippen molar-refractivity contribution in [1.29, 1.82) is 0 Å². The monoisotopic (exact) mass is 577 g/mol. The van der Waals surface area contributed by atoms with Crippen LogP contribution < -0.4 is 10.9 Å². The molecule has 1 aliphatic heterocycles. The van der Waals surface area contributed by atoms with Gasteiger partial charge in [0.2, 0.25) is 5.91 Å². The van der Waals surface area contributed by atoms with E-state index >= 15 is 0 Å². The summed E-state index contributed by atoms with van der Waals surface area (Å²) in [4.78, 5) is 44.1. The van der Waals surface area contributed by atoms with Gasteiger partial charge in [-0.2, -0.15) is 0 Å². The molecule has 1 aromatic carbocycles. The van der Waals surface area contributed by atoms with Crippen molar-refractivity contribution in [3.8, 4) is 11.1 Å². The highest BCUT2D eigenvalue weighted by atomic mass is 35.5. The van der Waals surface area contributed by atoms with Crippen LogP contribution in [0.2, 0.25) is 0 Å². The number of pyridine rings is 2. The molecule has 2 unspecified atom stereocenters. The second-order valence-electron chi connectivity index (χ2n) is 10.1. The smallest absolute Gasteiger partial charge is 0.265 e. The minimum Gasteiger partial charge on any atom is -0.376 e. The van der Waals surface area contributed by atoms with E-state index in [0.717, 1.165) is 29.5 Å². The molecule has 0 bridgehead atoms. The van der Waals surface area contributed by atoms with Gasteiger partial charge in [-0.05, 0) is 50.5 Å². The Kier molecular flexibility index (Phi) is 8.08. The molecule has 40 heavy (non-hydrogen) atoms. The van der Waals surface area contributed by atoms with Crippen LogP contribution in [-0.4, -0.2) is 39.3 Å². The number of ether oxygens (including phenoxy) is 1. The molecule has 7 nitrogen and oxygen atoms in total. The van der Waals surface area contributed by atoms with Gasteiger partial charge >= 0.3 is 0 Å². The number of fused-ring (bicyclic) bond motifs is 1. The number of nitrogens with one attached hydrogen (secondary N) is 1. The lowest BCUT2D eigenvalue weighted by Gasteiger charge is -2.22. The van der Waals surface area contributed by atoms with Gasteiger partial charge in [0.05, 0.1) is 29.4 Å². The van der Waals surface area contributed by atoms with Crippen molar-refractivity contribution in [2.45, 2.75) is 51.6 Å². The fourth-order valence-electron chi connectivity index (χ4n) is 5.14. The van der Waals surface area contributed by atoms with Crippen LogP contribution in [0, 0.1) is 6.92 Å². The number of alkyl halides is 1. The molecular weight excluding hydrogens is 549 g/mol. The zero-order chi connectivity index (χ0) is 28.6. The number of Topliss-reactive ketones (excluding diaryl/α,β-unsaturated/α-hetero) is 1. The number of anilines is 1. The number of nitrogens with zero attached hydrogens (tertiary/aromatic N) is 2. The van der Waals surface area contributed by atoms with Gasteiger partial charge in [0, 0.05) is 35.1 Å². The number of ketones is 1. The summed E-state index contributed by atoms with van der Waals surface area (Å²) in [5, 5.41) is 3.19. The second-order valence-corrected chi connectivity index (χ2v) is 11.0. The predicted octanol–water partition coefficient (Wildman–Crippen LogP) is 6.40. The average molecular weight is 578 g/mol. The van der Waals surface area contributed by atoms with Gasteiger partial charge < -0.3 is 10.1 Å². The fourth-order valence-corrected chi connectivity index (χ4v) is 5.52.